The summed E-state index contributed by atoms with van der Waals surface area (Å²) in [5, 5.41) is 13.4. The van der Waals surface area contributed by atoms with Crippen molar-refractivity contribution < 1.29 is 18.7 Å². The minimum absolute atomic E-state index is 0.103. The Kier molecular flexibility index (Phi) is 6.12. The molecule has 0 saturated heterocycles. The summed E-state index contributed by atoms with van der Waals surface area (Å²) in [4.78, 5) is 22.9. The molecular formula is C18H17N5O4S. The number of hydrogen-bond acceptors (Lipinski definition) is 7. The second kappa shape index (κ2) is 8.91. The number of hydrogen-bond donors (Lipinski definition) is 3. The Labute approximate surface area is 164 Å². The monoisotopic (exact) mass is 399 g/mol. The van der Waals surface area contributed by atoms with Crippen LogP contribution >= 0.6 is 11.8 Å². The largest absolute Gasteiger partial charge is 0.497 e. The summed E-state index contributed by atoms with van der Waals surface area (Å²) >= 11 is 1.13. The molecule has 3 amide bonds. The molecular weight excluding hydrogens is 382 g/mol. The smallest absolute Gasteiger partial charge is 0.316 e. The van der Waals surface area contributed by atoms with E-state index in [9.17, 15) is 9.59 Å². The van der Waals surface area contributed by atoms with Gasteiger partial charge in [0.1, 0.15) is 5.75 Å². The van der Waals surface area contributed by atoms with E-state index in [4.69, 9.17) is 14.9 Å². The Bertz CT molecular complexity index is 957. The number of urea groups is 1. The molecule has 2 aromatic carbocycles. The first-order chi connectivity index (χ1) is 13.5. The Morgan fingerprint density at radius 2 is 1.68 bits per heavy atom. The maximum Gasteiger partial charge on any atom is 0.316 e. The lowest BCUT2D eigenvalue weighted by Gasteiger charge is -2.06. The molecule has 0 radical (unpaired) electrons. The molecule has 9 nitrogen and oxygen atoms in total. The highest BCUT2D eigenvalue weighted by atomic mass is 32.2. The average molecular weight is 399 g/mol. The van der Waals surface area contributed by atoms with Crippen LogP contribution in [0.2, 0.25) is 0 Å². The Morgan fingerprint density at radius 3 is 2.29 bits per heavy atom. The van der Waals surface area contributed by atoms with Gasteiger partial charge in [-0.3, -0.25) is 4.79 Å². The fourth-order valence-electron chi connectivity index (χ4n) is 2.22. The average Bonchev–Trinajstić information content (AvgIpc) is 3.17. The van der Waals surface area contributed by atoms with Crippen LogP contribution in [0.3, 0.4) is 0 Å². The summed E-state index contributed by atoms with van der Waals surface area (Å²) in [6, 6.07) is 13.1. The van der Waals surface area contributed by atoms with Gasteiger partial charge in [-0.15, -0.1) is 10.2 Å². The zero-order valence-corrected chi connectivity index (χ0v) is 15.7. The molecule has 0 unspecified atom stereocenters. The number of benzene rings is 2. The van der Waals surface area contributed by atoms with Crippen LogP contribution in [0.1, 0.15) is 0 Å². The summed E-state index contributed by atoms with van der Waals surface area (Å²) in [7, 11) is 1.59. The van der Waals surface area contributed by atoms with Gasteiger partial charge in [-0.25, -0.2) is 4.79 Å². The van der Waals surface area contributed by atoms with Gasteiger partial charge in [-0.05, 0) is 48.5 Å². The molecule has 1 heterocycles. The first-order valence-corrected chi connectivity index (χ1v) is 9.09. The Hall–Kier alpha value is -3.53. The minimum Gasteiger partial charge on any atom is -0.497 e. The number of primary amides is 1. The van der Waals surface area contributed by atoms with Crippen molar-refractivity contribution in [1.29, 1.82) is 0 Å². The summed E-state index contributed by atoms with van der Waals surface area (Å²) in [6.45, 7) is 0. The highest BCUT2D eigenvalue weighted by molar-refractivity contribution is 7.99. The fourth-order valence-corrected chi connectivity index (χ4v) is 2.79. The number of rotatable bonds is 7. The lowest BCUT2D eigenvalue weighted by atomic mass is 10.2. The van der Waals surface area contributed by atoms with Crippen LogP contribution in [0.25, 0.3) is 11.5 Å². The molecule has 0 atom stereocenters. The number of nitrogens with zero attached hydrogens (tertiary/aromatic N) is 2. The zero-order valence-electron chi connectivity index (χ0n) is 14.8. The van der Waals surface area contributed by atoms with E-state index in [1.54, 1.807) is 43.5 Å². The third-order valence-electron chi connectivity index (χ3n) is 3.51. The van der Waals surface area contributed by atoms with Crippen molar-refractivity contribution in [3.63, 3.8) is 0 Å². The molecule has 0 bridgehead atoms. The quantitative estimate of drug-likeness (QED) is 0.520. The van der Waals surface area contributed by atoms with Crippen molar-refractivity contribution in [2.24, 2.45) is 5.73 Å². The molecule has 0 aliphatic heterocycles. The van der Waals surface area contributed by atoms with Crippen LogP contribution in [0.4, 0.5) is 16.2 Å². The molecule has 3 rings (SSSR count). The van der Waals surface area contributed by atoms with Gasteiger partial charge in [0.15, 0.2) is 0 Å². The molecule has 0 aliphatic rings. The van der Waals surface area contributed by atoms with Crippen LogP contribution in [-0.2, 0) is 4.79 Å². The van der Waals surface area contributed by atoms with Gasteiger partial charge >= 0.3 is 6.03 Å². The number of thioether (sulfide) groups is 1. The van der Waals surface area contributed by atoms with Crippen molar-refractivity contribution in [2.45, 2.75) is 5.22 Å². The van der Waals surface area contributed by atoms with Crippen LogP contribution in [-0.4, -0.2) is 35.0 Å². The van der Waals surface area contributed by atoms with Gasteiger partial charge in [-0.1, -0.05) is 11.8 Å². The second-order valence-electron chi connectivity index (χ2n) is 5.51. The highest BCUT2D eigenvalue weighted by Crippen LogP contribution is 2.25. The molecule has 10 heteroatoms. The minimum atomic E-state index is -0.651. The van der Waals surface area contributed by atoms with Gasteiger partial charge in [0.2, 0.25) is 11.8 Å². The third-order valence-corrected chi connectivity index (χ3v) is 4.32. The van der Waals surface area contributed by atoms with Gasteiger partial charge in [0.05, 0.1) is 12.9 Å². The van der Waals surface area contributed by atoms with E-state index in [1.807, 2.05) is 12.1 Å². The summed E-state index contributed by atoms with van der Waals surface area (Å²) in [5.41, 5.74) is 6.93. The van der Waals surface area contributed by atoms with Crippen LogP contribution in [0, 0.1) is 0 Å². The van der Waals surface area contributed by atoms with Crippen molar-refractivity contribution in [3.8, 4) is 17.2 Å². The van der Waals surface area contributed by atoms with Gasteiger partial charge in [0, 0.05) is 16.9 Å². The second-order valence-corrected chi connectivity index (χ2v) is 6.43. The van der Waals surface area contributed by atoms with Crippen molar-refractivity contribution in [3.05, 3.63) is 48.5 Å². The van der Waals surface area contributed by atoms with Crippen LogP contribution in [0.5, 0.6) is 5.75 Å². The number of anilines is 2. The van der Waals surface area contributed by atoms with Gasteiger partial charge in [-0.2, -0.15) is 0 Å². The molecule has 1 aromatic heterocycles. The lowest BCUT2D eigenvalue weighted by molar-refractivity contribution is -0.113. The maximum absolute atomic E-state index is 12.1. The molecule has 0 spiro atoms. The molecule has 0 aliphatic carbocycles. The number of methoxy groups -OCH3 is 1. The van der Waals surface area contributed by atoms with E-state index in [0.717, 1.165) is 23.1 Å². The lowest BCUT2D eigenvalue weighted by Crippen LogP contribution is -2.19. The van der Waals surface area contributed by atoms with E-state index in [-0.39, 0.29) is 11.7 Å². The normalized spacial score (nSPS) is 10.3. The number of nitrogens with two attached hydrogens (primary N) is 1. The molecule has 4 N–H and O–H groups in total. The summed E-state index contributed by atoms with van der Waals surface area (Å²) in [6.07, 6.45) is 0. The molecule has 3 aromatic rings. The number of ether oxygens (including phenoxy) is 1. The van der Waals surface area contributed by atoms with E-state index in [1.165, 1.54) is 0 Å². The Morgan fingerprint density at radius 1 is 1.04 bits per heavy atom. The van der Waals surface area contributed by atoms with E-state index in [2.05, 4.69) is 20.8 Å². The first kappa shape index (κ1) is 19.2. The van der Waals surface area contributed by atoms with Crippen molar-refractivity contribution >= 4 is 35.1 Å². The number of carbonyl (C=O) groups is 2. The van der Waals surface area contributed by atoms with Crippen LogP contribution in [0.15, 0.2) is 58.2 Å². The SMILES string of the molecule is COc1ccc(-c2nnc(SCC(=O)Nc3ccc(NC(N)=O)cc3)o2)cc1. The topological polar surface area (TPSA) is 132 Å². The molecule has 144 valence electrons. The highest BCUT2D eigenvalue weighted by Gasteiger charge is 2.11. The molecule has 0 saturated carbocycles. The fraction of sp³-hybridized carbons (Fsp3) is 0.111. The number of aromatic nitrogens is 2. The summed E-state index contributed by atoms with van der Waals surface area (Å²) in [5.74, 6) is 0.965. The predicted octanol–water partition coefficient (Wildman–Crippen LogP) is 2.97. The zero-order chi connectivity index (χ0) is 19.9. The van der Waals surface area contributed by atoms with E-state index < -0.39 is 6.03 Å². The molecule has 0 fully saturated rings. The van der Waals surface area contributed by atoms with Crippen molar-refractivity contribution in [2.75, 3.05) is 23.5 Å². The van der Waals surface area contributed by atoms with E-state index in [0.29, 0.717) is 22.5 Å². The molecule has 28 heavy (non-hydrogen) atoms. The van der Waals surface area contributed by atoms with E-state index >= 15 is 0 Å². The number of amides is 3. The van der Waals surface area contributed by atoms with Gasteiger partial charge in [0.25, 0.3) is 5.22 Å². The van der Waals surface area contributed by atoms with Crippen molar-refractivity contribution in [1.82, 2.24) is 10.2 Å². The van der Waals surface area contributed by atoms with Crippen LogP contribution < -0.4 is 21.1 Å². The number of carbonyl (C=O) groups excluding carboxylic acids is 2. The maximum atomic E-state index is 12.1. The van der Waals surface area contributed by atoms with Gasteiger partial charge < -0.3 is 25.5 Å². The standard InChI is InChI=1S/C18H17N5O4S/c1-26-14-8-2-11(3-9-14)16-22-23-18(27-16)28-10-15(24)20-12-4-6-13(7-5-12)21-17(19)25/h2-9H,10H2,1H3,(H,20,24)(H3,19,21,25). The number of nitrogens with one attached hydrogen (secondary N) is 2. The predicted molar refractivity (Wildman–Crippen MR) is 105 cm³/mol. The summed E-state index contributed by atoms with van der Waals surface area (Å²) < 4.78 is 10.7. The third kappa shape index (κ3) is 5.24. The Balaban J connectivity index is 1.52. The first-order valence-electron chi connectivity index (χ1n) is 8.10.